The second-order valence-corrected chi connectivity index (χ2v) is 4.31. The van der Waals surface area contributed by atoms with Crippen LogP contribution in [0.1, 0.15) is 0 Å². The lowest BCUT2D eigenvalue weighted by Crippen LogP contribution is -1.98. The number of nitrogens with one attached hydrogen (secondary N) is 1. The van der Waals surface area contributed by atoms with Gasteiger partial charge in [-0.05, 0) is 18.2 Å². The van der Waals surface area contributed by atoms with Gasteiger partial charge in [-0.3, -0.25) is 0 Å². The van der Waals surface area contributed by atoms with Crippen molar-refractivity contribution in [3.63, 3.8) is 0 Å². The second-order valence-electron chi connectivity index (χ2n) is 2.30. The second kappa shape index (κ2) is 2.53. The van der Waals surface area contributed by atoms with Crippen molar-refractivity contribution in [3.8, 4) is 5.75 Å². The van der Waals surface area contributed by atoms with Gasteiger partial charge < -0.3 is 10.4 Å². The fraction of sp³-hybridized carbons (Fsp3) is 0.143. The molecular weight excluding hydrogens is 178 g/mol. The quantitative estimate of drug-likeness (QED) is 0.427. The van der Waals surface area contributed by atoms with Gasteiger partial charge >= 0.3 is 0 Å². The smallest absolute Gasteiger partial charge is 0.121 e. The predicted molar refractivity (Wildman–Crippen MR) is 50.4 cm³/mol. The first-order valence-corrected chi connectivity index (χ1v) is 4.59. The number of anilines is 1. The first kappa shape index (κ1) is 7.18. The van der Waals surface area contributed by atoms with Gasteiger partial charge in [-0.15, -0.1) is 12.6 Å². The zero-order chi connectivity index (χ0) is 7.84. The molecular formula is C7H7NOS2. The summed E-state index contributed by atoms with van der Waals surface area (Å²) in [6.07, 6.45) is 0. The minimum atomic E-state index is 0.117. The van der Waals surface area contributed by atoms with Crippen molar-refractivity contribution in [1.29, 1.82) is 0 Å². The number of fused-ring (bicyclic) bond motifs is 1. The molecule has 0 radical (unpaired) electrons. The number of phenols is 1. The molecule has 0 amide bonds. The highest BCUT2D eigenvalue weighted by Crippen LogP contribution is 2.41. The van der Waals surface area contributed by atoms with E-state index in [1.54, 1.807) is 23.9 Å². The first-order valence-electron chi connectivity index (χ1n) is 3.20. The van der Waals surface area contributed by atoms with Gasteiger partial charge in [0.05, 0.1) is 0 Å². The molecule has 0 aliphatic carbocycles. The van der Waals surface area contributed by atoms with Gasteiger partial charge in [-0.2, -0.15) is 0 Å². The molecule has 58 valence electrons. The molecule has 0 aromatic heterocycles. The van der Waals surface area contributed by atoms with E-state index in [4.69, 9.17) is 5.11 Å². The lowest BCUT2D eigenvalue weighted by atomic mass is 10.3. The Kier molecular flexibility index (Phi) is 1.65. The molecule has 2 nitrogen and oxygen atoms in total. The molecule has 1 atom stereocenters. The van der Waals surface area contributed by atoms with E-state index in [1.807, 2.05) is 6.07 Å². The average Bonchev–Trinajstić information content (AvgIpc) is 2.27. The van der Waals surface area contributed by atoms with Crippen molar-refractivity contribution in [3.05, 3.63) is 18.2 Å². The van der Waals surface area contributed by atoms with Crippen LogP contribution in [-0.2, 0) is 0 Å². The Morgan fingerprint density at radius 3 is 3.18 bits per heavy atom. The number of hydrogen-bond acceptors (Lipinski definition) is 4. The van der Waals surface area contributed by atoms with Gasteiger partial charge in [0, 0.05) is 10.6 Å². The van der Waals surface area contributed by atoms with Crippen molar-refractivity contribution in [2.45, 2.75) is 9.60 Å². The summed E-state index contributed by atoms with van der Waals surface area (Å²) in [6, 6.07) is 5.26. The van der Waals surface area contributed by atoms with E-state index in [-0.39, 0.29) is 4.71 Å². The number of benzene rings is 1. The van der Waals surface area contributed by atoms with Gasteiger partial charge in [0.25, 0.3) is 0 Å². The molecule has 0 saturated carbocycles. The fourth-order valence-electron chi connectivity index (χ4n) is 1.01. The van der Waals surface area contributed by atoms with E-state index in [2.05, 4.69) is 17.9 Å². The minimum Gasteiger partial charge on any atom is -0.508 e. The topological polar surface area (TPSA) is 32.3 Å². The molecule has 1 aromatic carbocycles. The van der Waals surface area contributed by atoms with Gasteiger partial charge in [-0.25, -0.2) is 0 Å². The van der Waals surface area contributed by atoms with E-state index < -0.39 is 0 Å². The van der Waals surface area contributed by atoms with Crippen LogP contribution in [0.15, 0.2) is 23.1 Å². The Hall–Kier alpha value is -0.480. The standard InChI is InChI=1S/C7H7NOS2/c9-4-1-2-5-6(3-4)11-7(10)8-5/h1-3,7-10H. The number of hydrogen-bond donors (Lipinski definition) is 3. The summed E-state index contributed by atoms with van der Waals surface area (Å²) in [4.78, 5) is 1.06. The molecule has 2 N–H and O–H groups in total. The van der Waals surface area contributed by atoms with Gasteiger partial charge in [0.1, 0.15) is 10.5 Å². The van der Waals surface area contributed by atoms with Crippen LogP contribution in [0.2, 0.25) is 0 Å². The van der Waals surface area contributed by atoms with E-state index >= 15 is 0 Å². The molecule has 1 aliphatic rings. The van der Waals surface area contributed by atoms with E-state index in [9.17, 15) is 0 Å². The average molecular weight is 185 g/mol. The summed E-state index contributed by atoms with van der Waals surface area (Å²) >= 11 is 5.84. The first-order chi connectivity index (χ1) is 5.25. The molecule has 0 saturated heterocycles. The Morgan fingerprint density at radius 2 is 2.36 bits per heavy atom. The minimum absolute atomic E-state index is 0.117. The van der Waals surface area contributed by atoms with Crippen molar-refractivity contribution < 1.29 is 5.11 Å². The van der Waals surface area contributed by atoms with Crippen LogP contribution in [0.3, 0.4) is 0 Å². The maximum absolute atomic E-state index is 9.12. The number of thiol groups is 1. The highest BCUT2D eigenvalue weighted by atomic mass is 32.2. The summed E-state index contributed by atoms with van der Waals surface area (Å²) < 4.78 is 0.117. The predicted octanol–water partition coefficient (Wildman–Crippen LogP) is 2.12. The Bertz CT molecular complexity index is 290. The van der Waals surface area contributed by atoms with Crippen LogP contribution in [0.5, 0.6) is 5.75 Å². The Labute approximate surface area is 74.4 Å². The lowest BCUT2D eigenvalue weighted by Gasteiger charge is -1.98. The third kappa shape index (κ3) is 1.28. The lowest BCUT2D eigenvalue weighted by molar-refractivity contribution is 0.474. The van der Waals surface area contributed by atoms with Crippen molar-refractivity contribution in [2.75, 3.05) is 5.32 Å². The third-order valence-electron chi connectivity index (χ3n) is 1.48. The molecule has 1 unspecified atom stereocenters. The number of thioether (sulfide) groups is 1. The monoisotopic (exact) mass is 185 g/mol. The number of phenolic OH excluding ortho intramolecular Hbond substituents is 1. The van der Waals surface area contributed by atoms with Crippen LogP contribution in [0.4, 0.5) is 5.69 Å². The Balaban J connectivity index is 2.43. The van der Waals surface area contributed by atoms with Crippen LogP contribution in [0.25, 0.3) is 0 Å². The van der Waals surface area contributed by atoms with Gasteiger partial charge in [-0.1, -0.05) is 11.8 Å². The summed E-state index contributed by atoms with van der Waals surface area (Å²) in [5.41, 5.74) is 1.05. The van der Waals surface area contributed by atoms with E-state index in [0.29, 0.717) is 5.75 Å². The van der Waals surface area contributed by atoms with Gasteiger partial charge in [0.2, 0.25) is 0 Å². The molecule has 1 heterocycles. The highest BCUT2D eigenvalue weighted by molar-refractivity contribution is 8.10. The fourth-order valence-corrected chi connectivity index (χ4v) is 2.36. The molecule has 1 aliphatic heterocycles. The summed E-state index contributed by atoms with van der Waals surface area (Å²) in [7, 11) is 0. The highest BCUT2D eigenvalue weighted by Gasteiger charge is 2.17. The zero-order valence-corrected chi connectivity index (χ0v) is 7.32. The van der Waals surface area contributed by atoms with E-state index in [0.717, 1.165) is 10.6 Å². The normalized spacial score (nSPS) is 21.0. The zero-order valence-electron chi connectivity index (χ0n) is 5.61. The molecule has 4 heteroatoms. The number of rotatable bonds is 0. The maximum atomic E-state index is 9.12. The summed E-state index contributed by atoms with van der Waals surface area (Å²) in [5.74, 6) is 0.306. The van der Waals surface area contributed by atoms with Crippen LogP contribution in [0, 0.1) is 0 Å². The van der Waals surface area contributed by atoms with Crippen LogP contribution < -0.4 is 5.32 Å². The third-order valence-corrected chi connectivity index (χ3v) is 2.86. The summed E-state index contributed by atoms with van der Waals surface area (Å²) in [6.45, 7) is 0. The van der Waals surface area contributed by atoms with Crippen molar-refractivity contribution in [1.82, 2.24) is 0 Å². The SMILES string of the molecule is Oc1ccc2c(c1)SC(S)N2. The molecule has 0 bridgehead atoms. The Morgan fingerprint density at radius 1 is 1.55 bits per heavy atom. The van der Waals surface area contributed by atoms with E-state index in [1.165, 1.54) is 0 Å². The molecule has 11 heavy (non-hydrogen) atoms. The van der Waals surface area contributed by atoms with Gasteiger partial charge in [0.15, 0.2) is 0 Å². The molecule has 0 fully saturated rings. The molecule has 1 aromatic rings. The molecule has 2 rings (SSSR count). The van der Waals surface area contributed by atoms with Crippen molar-refractivity contribution >= 4 is 30.1 Å². The van der Waals surface area contributed by atoms with Crippen LogP contribution >= 0.6 is 24.4 Å². The van der Waals surface area contributed by atoms with Crippen molar-refractivity contribution in [2.24, 2.45) is 0 Å². The number of aromatic hydroxyl groups is 1. The maximum Gasteiger partial charge on any atom is 0.121 e. The summed E-state index contributed by atoms with van der Waals surface area (Å²) in [5, 5.41) is 12.3. The molecule has 0 spiro atoms. The largest absolute Gasteiger partial charge is 0.508 e. The van der Waals surface area contributed by atoms with Crippen LogP contribution in [-0.4, -0.2) is 9.81 Å².